The van der Waals surface area contributed by atoms with Crippen molar-refractivity contribution in [2.75, 3.05) is 19.6 Å². The Morgan fingerprint density at radius 1 is 1.21 bits per heavy atom. The lowest BCUT2D eigenvalue weighted by atomic mass is 10.0. The van der Waals surface area contributed by atoms with E-state index in [4.69, 9.17) is 4.74 Å². The number of nitrogens with zero attached hydrogens (tertiary/aromatic N) is 2. The highest BCUT2D eigenvalue weighted by Crippen LogP contribution is 2.29. The maximum Gasteiger partial charge on any atom is 0.275 e. The third-order valence-electron chi connectivity index (χ3n) is 6.98. The Balaban J connectivity index is 1.55. The van der Waals surface area contributed by atoms with Crippen LogP contribution in [-0.2, 0) is 31.6 Å². The average molecular weight is 543 g/mol. The van der Waals surface area contributed by atoms with Crippen molar-refractivity contribution in [1.29, 1.82) is 0 Å². The summed E-state index contributed by atoms with van der Waals surface area (Å²) in [6.07, 6.45) is 6.58. The van der Waals surface area contributed by atoms with Gasteiger partial charge in [-0.15, -0.1) is 0 Å². The molecule has 3 fully saturated rings. The van der Waals surface area contributed by atoms with Gasteiger partial charge in [0.25, 0.3) is 11.8 Å². The lowest BCUT2D eigenvalue weighted by Crippen LogP contribution is -2.52. The number of amides is 3. The molecular weight excluding hydrogens is 507 g/mol. The Morgan fingerprint density at radius 3 is 2.59 bits per heavy atom. The van der Waals surface area contributed by atoms with Gasteiger partial charge in [0.05, 0.1) is 17.8 Å². The van der Waals surface area contributed by atoms with Gasteiger partial charge in [0, 0.05) is 49.9 Å². The summed E-state index contributed by atoms with van der Waals surface area (Å²) < 4.78 is 20.5. The van der Waals surface area contributed by atoms with Crippen LogP contribution in [0.4, 0.5) is 4.39 Å². The fourth-order valence-corrected chi connectivity index (χ4v) is 5.23. The molecule has 3 heterocycles. The van der Waals surface area contributed by atoms with Crippen molar-refractivity contribution in [3.05, 3.63) is 70.7 Å². The number of carbonyl (C=O) groups is 3. The van der Waals surface area contributed by atoms with Crippen molar-refractivity contribution in [2.24, 2.45) is 0 Å². The van der Waals surface area contributed by atoms with Gasteiger partial charge in [-0.05, 0) is 51.0 Å². The van der Waals surface area contributed by atoms with E-state index in [-0.39, 0.29) is 42.7 Å². The number of ether oxygens (including phenoxy) is 1. The summed E-state index contributed by atoms with van der Waals surface area (Å²) in [5.41, 5.74) is 0.953. The number of benzene rings is 1. The van der Waals surface area contributed by atoms with Gasteiger partial charge in [0.15, 0.2) is 0 Å². The third-order valence-corrected chi connectivity index (χ3v) is 6.98. The second kappa shape index (κ2) is 11.8. The number of aliphatic hydroxyl groups is 2. The first-order valence-corrected chi connectivity index (χ1v) is 13.0. The number of imide groups is 1. The predicted octanol–water partition coefficient (Wildman–Crippen LogP) is 1.15. The second-order valence-electron chi connectivity index (χ2n) is 10.3. The smallest absolute Gasteiger partial charge is 0.275 e. The molecule has 0 bridgehead atoms. The van der Waals surface area contributed by atoms with E-state index in [0.717, 1.165) is 0 Å². The van der Waals surface area contributed by atoms with E-state index in [1.807, 2.05) is 13.8 Å². The fourth-order valence-electron chi connectivity index (χ4n) is 5.23. The molecule has 3 atom stereocenters. The van der Waals surface area contributed by atoms with E-state index >= 15 is 0 Å². The molecule has 0 aromatic heterocycles. The summed E-state index contributed by atoms with van der Waals surface area (Å²) in [6, 6.07) is 3.36. The summed E-state index contributed by atoms with van der Waals surface area (Å²) in [7, 11) is 0. The van der Waals surface area contributed by atoms with E-state index in [1.54, 1.807) is 31.2 Å². The van der Waals surface area contributed by atoms with Crippen LogP contribution in [0.15, 0.2) is 53.8 Å². The molecule has 3 amide bonds. The number of morpholine rings is 1. The first-order chi connectivity index (χ1) is 18.5. The first kappa shape index (κ1) is 28.6. The summed E-state index contributed by atoms with van der Waals surface area (Å²) in [5, 5.41) is 26.4. The summed E-state index contributed by atoms with van der Waals surface area (Å²) in [5.74, 6) is -4.97. The number of allylic oxidation sites excluding steroid dienone is 3. The zero-order chi connectivity index (χ0) is 28.3. The number of hydrogen-bond donors (Lipinski definition) is 4. The van der Waals surface area contributed by atoms with Crippen LogP contribution in [0.2, 0.25) is 0 Å². The standard InChI is InChI=1S/C28H35FN4O6/c1-4-5-6-21-20(16-33(27(21)36)24-9-10-25(34)31-26(24)35)12-30-28(37,38)22-11-19(7-8-23(22)29)15-32-13-17(2)39-18(3)14-32/h4-8,11-12,17-18,24,30,37-38H,9-10,13-16H2,1-3H3,(H,31,34,35)/b5-4-,20-12+,21-6+. The molecule has 0 aliphatic carbocycles. The Hall–Kier alpha value is -3.38. The molecule has 3 aliphatic rings. The van der Waals surface area contributed by atoms with Gasteiger partial charge >= 0.3 is 0 Å². The van der Waals surface area contributed by atoms with Crippen LogP contribution in [0.5, 0.6) is 0 Å². The van der Waals surface area contributed by atoms with Crippen LogP contribution in [-0.4, -0.2) is 75.6 Å². The zero-order valence-corrected chi connectivity index (χ0v) is 22.3. The molecule has 4 rings (SSSR count). The highest BCUT2D eigenvalue weighted by molar-refractivity contribution is 6.07. The molecule has 1 aromatic carbocycles. The van der Waals surface area contributed by atoms with Crippen molar-refractivity contribution in [1.82, 2.24) is 20.4 Å². The van der Waals surface area contributed by atoms with Crippen molar-refractivity contribution < 1.29 is 33.7 Å². The van der Waals surface area contributed by atoms with Crippen LogP contribution < -0.4 is 10.6 Å². The molecule has 11 heteroatoms. The number of hydrogen-bond acceptors (Lipinski definition) is 8. The molecule has 4 N–H and O–H groups in total. The van der Waals surface area contributed by atoms with E-state index < -0.39 is 35.5 Å². The third kappa shape index (κ3) is 6.62. The van der Waals surface area contributed by atoms with Gasteiger partial charge in [-0.25, -0.2) is 4.39 Å². The lowest BCUT2D eigenvalue weighted by molar-refractivity contribution is -0.188. The van der Waals surface area contributed by atoms with Crippen molar-refractivity contribution in [3.8, 4) is 0 Å². The molecule has 1 aromatic rings. The van der Waals surface area contributed by atoms with Crippen LogP contribution in [0.1, 0.15) is 44.7 Å². The molecule has 210 valence electrons. The molecule has 3 saturated heterocycles. The Kier molecular flexibility index (Phi) is 8.65. The van der Waals surface area contributed by atoms with Gasteiger partial charge in [-0.2, -0.15) is 0 Å². The molecule has 10 nitrogen and oxygen atoms in total. The second-order valence-corrected chi connectivity index (χ2v) is 10.3. The van der Waals surface area contributed by atoms with Crippen LogP contribution in [0, 0.1) is 5.82 Å². The summed E-state index contributed by atoms with van der Waals surface area (Å²) in [6.45, 7) is 7.61. The minimum atomic E-state index is -2.78. The Bertz CT molecular complexity index is 1220. The molecular formula is C28H35FN4O6. The summed E-state index contributed by atoms with van der Waals surface area (Å²) in [4.78, 5) is 40.6. The zero-order valence-electron chi connectivity index (χ0n) is 22.3. The number of piperidine rings is 1. The van der Waals surface area contributed by atoms with Crippen molar-refractivity contribution in [3.63, 3.8) is 0 Å². The number of carbonyl (C=O) groups excluding carboxylic acids is 3. The van der Waals surface area contributed by atoms with E-state index in [1.165, 1.54) is 23.2 Å². The normalized spacial score (nSPS) is 27.2. The van der Waals surface area contributed by atoms with Crippen molar-refractivity contribution in [2.45, 2.75) is 64.3 Å². The van der Waals surface area contributed by atoms with Crippen LogP contribution >= 0.6 is 0 Å². The maximum atomic E-state index is 14.8. The fraction of sp³-hybridized carbons (Fsp3) is 0.464. The number of likely N-dealkylation sites (tertiary alicyclic amines) is 1. The molecule has 0 saturated carbocycles. The number of halogens is 1. The topological polar surface area (TPSA) is 131 Å². The van der Waals surface area contributed by atoms with Gasteiger partial charge in [-0.1, -0.05) is 18.2 Å². The van der Waals surface area contributed by atoms with E-state index in [0.29, 0.717) is 30.8 Å². The quantitative estimate of drug-likeness (QED) is 0.229. The van der Waals surface area contributed by atoms with E-state index in [2.05, 4.69) is 15.5 Å². The Labute approximate surface area is 226 Å². The maximum absolute atomic E-state index is 14.8. The average Bonchev–Trinajstić information content (AvgIpc) is 3.17. The molecule has 0 radical (unpaired) electrons. The largest absolute Gasteiger partial charge is 0.373 e. The monoisotopic (exact) mass is 542 g/mol. The van der Waals surface area contributed by atoms with Gasteiger partial charge in [-0.3, -0.25) is 24.6 Å². The van der Waals surface area contributed by atoms with Gasteiger partial charge in [0.2, 0.25) is 11.8 Å². The van der Waals surface area contributed by atoms with Gasteiger partial charge < -0.3 is 25.2 Å². The number of nitrogens with one attached hydrogen (secondary N) is 2. The summed E-state index contributed by atoms with van der Waals surface area (Å²) >= 11 is 0. The predicted molar refractivity (Wildman–Crippen MR) is 140 cm³/mol. The molecule has 0 spiro atoms. The van der Waals surface area contributed by atoms with E-state index in [9.17, 15) is 29.0 Å². The molecule has 39 heavy (non-hydrogen) atoms. The molecule has 3 unspecified atom stereocenters. The minimum Gasteiger partial charge on any atom is -0.373 e. The minimum absolute atomic E-state index is 0.00645. The first-order valence-electron chi connectivity index (χ1n) is 13.0. The highest BCUT2D eigenvalue weighted by atomic mass is 19.1. The lowest BCUT2D eigenvalue weighted by Gasteiger charge is -2.35. The highest BCUT2D eigenvalue weighted by Gasteiger charge is 2.41. The van der Waals surface area contributed by atoms with Crippen LogP contribution in [0.3, 0.4) is 0 Å². The van der Waals surface area contributed by atoms with Crippen molar-refractivity contribution >= 4 is 17.7 Å². The Morgan fingerprint density at radius 2 is 1.92 bits per heavy atom. The number of rotatable bonds is 7. The SMILES string of the molecule is C\C=C/C=C1/C(=O)N(C2CCC(=O)NC2=O)C/C1=C\NC(O)(O)c1cc(CN2CC(C)OC(C)C2)ccc1F. The molecule has 3 aliphatic heterocycles. The van der Waals surface area contributed by atoms with Crippen LogP contribution in [0.25, 0.3) is 0 Å². The van der Waals surface area contributed by atoms with Gasteiger partial charge in [0.1, 0.15) is 11.9 Å².